The van der Waals surface area contributed by atoms with Crippen molar-refractivity contribution in [1.82, 2.24) is 5.32 Å². The summed E-state index contributed by atoms with van der Waals surface area (Å²) in [5.74, 6) is -1.81. The van der Waals surface area contributed by atoms with E-state index in [0.717, 1.165) is 11.3 Å². The SMILES string of the molecule is O=C(O)CC(NC(=O)c1cc(-c2ccc(OC(F)(F)F)cc2)cs1)c1ccccc1. The van der Waals surface area contributed by atoms with E-state index in [2.05, 4.69) is 10.1 Å². The van der Waals surface area contributed by atoms with Crippen molar-refractivity contribution in [2.45, 2.75) is 18.8 Å². The molecule has 1 heterocycles. The van der Waals surface area contributed by atoms with E-state index in [1.165, 1.54) is 24.3 Å². The first-order valence-corrected chi connectivity index (χ1v) is 9.61. The first-order chi connectivity index (χ1) is 14.2. The predicted octanol–water partition coefficient (Wildman–Crippen LogP) is 5.26. The van der Waals surface area contributed by atoms with Gasteiger partial charge in [-0.3, -0.25) is 9.59 Å². The van der Waals surface area contributed by atoms with Crippen molar-refractivity contribution in [3.05, 3.63) is 76.5 Å². The van der Waals surface area contributed by atoms with Crippen LogP contribution in [0.3, 0.4) is 0 Å². The monoisotopic (exact) mass is 435 g/mol. The predicted molar refractivity (Wildman–Crippen MR) is 105 cm³/mol. The Kier molecular flexibility index (Phi) is 6.41. The lowest BCUT2D eigenvalue weighted by atomic mass is 10.0. The minimum atomic E-state index is -4.76. The second-order valence-electron chi connectivity index (χ2n) is 6.31. The molecule has 1 atom stereocenters. The number of thiophene rings is 1. The fourth-order valence-corrected chi connectivity index (χ4v) is 3.62. The molecule has 1 amide bonds. The second kappa shape index (κ2) is 9.00. The highest BCUT2D eigenvalue weighted by Gasteiger charge is 2.31. The number of amides is 1. The quantitative estimate of drug-likeness (QED) is 0.531. The van der Waals surface area contributed by atoms with E-state index in [9.17, 15) is 22.8 Å². The molecule has 0 bridgehead atoms. The average Bonchev–Trinajstić information content (AvgIpc) is 3.17. The van der Waals surface area contributed by atoms with Crippen molar-refractivity contribution < 1.29 is 32.6 Å². The molecule has 0 radical (unpaired) electrons. The number of hydrogen-bond acceptors (Lipinski definition) is 4. The van der Waals surface area contributed by atoms with E-state index in [4.69, 9.17) is 5.11 Å². The van der Waals surface area contributed by atoms with Gasteiger partial charge in [-0.1, -0.05) is 42.5 Å². The molecule has 0 saturated carbocycles. The van der Waals surface area contributed by atoms with Crippen LogP contribution < -0.4 is 10.1 Å². The summed E-state index contributed by atoms with van der Waals surface area (Å²) in [5.41, 5.74) is 1.94. The maximum atomic E-state index is 12.6. The van der Waals surface area contributed by atoms with Crippen LogP contribution >= 0.6 is 11.3 Å². The van der Waals surface area contributed by atoms with Crippen LogP contribution in [0.1, 0.15) is 27.7 Å². The van der Waals surface area contributed by atoms with Gasteiger partial charge >= 0.3 is 12.3 Å². The van der Waals surface area contributed by atoms with Crippen molar-refractivity contribution in [3.8, 4) is 16.9 Å². The molecule has 0 fully saturated rings. The smallest absolute Gasteiger partial charge is 0.481 e. The highest BCUT2D eigenvalue weighted by Crippen LogP contribution is 2.29. The van der Waals surface area contributed by atoms with Gasteiger partial charge < -0.3 is 15.2 Å². The molecule has 0 aliphatic rings. The molecule has 1 unspecified atom stereocenters. The Bertz CT molecular complexity index is 1020. The van der Waals surface area contributed by atoms with Crippen LogP contribution in [-0.2, 0) is 4.79 Å². The van der Waals surface area contributed by atoms with Crippen LogP contribution in [0, 0.1) is 0 Å². The van der Waals surface area contributed by atoms with Gasteiger partial charge in [0.1, 0.15) is 5.75 Å². The Hall–Kier alpha value is -3.33. The van der Waals surface area contributed by atoms with Crippen molar-refractivity contribution in [1.29, 1.82) is 0 Å². The molecular formula is C21H16F3NO4S. The molecule has 0 aliphatic carbocycles. The molecule has 9 heteroatoms. The molecule has 1 aromatic heterocycles. The lowest BCUT2D eigenvalue weighted by Crippen LogP contribution is -2.29. The number of carbonyl (C=O) groups excluding carboxylic acids is 1. The van der Waals surface area contributed by atoms with Crippen molar-refractivity contribution in [2.24, 2.45) is 0 Å². The van der Waals surface area contributed by atoms with Gasteiger partial charge in [-0.15, -0.1) is 24.5 Å². The summed E-state index contributed by atoms with van der Waals surface area (Å²) in [6.45, 7) is 0. The maximum Gasteiger partial charge on any atom is 0.573 e. The molecule has 156 valence electrons. The molecule has 5 nitrogen and oxygen atoms in total. The fraction of sp³-hybridized carbons (Fsp3) is 0.143. The average molecular weight is 435 g/mol. The number of hydrogen-bond donors (Lipinski definition) is 2. The summed E-state index contributed by atoms with van der Waals surface area (Å²) in [6, 6.07) is 15.0. The highest BCUT2D eigenvalue weighted by atomic mass is 32.1. The van der Waals surface area contributed by atoms with Gasteiger partial charge in [0.15, 0.2) is 0 Å². The third kappa shape index (κ3) is 5.84. The van der Waals surface area contributed by atoms with Crippen LogP contribution in [0.25, 0.3) is 11.1 Å². The number of nitrogens with one attached hydrogen (secondary N) is 1. The summed E-state index contributed by atoms with van der Waals surface area (Å²) in [4.78, 5) is 24.2. The van der Waals surface area contributed by atoms with E-state index in [-0.39, 0.29) is 12.2 Å². The van der Waals surface area contributed by atoms with Crippen LogP contribution in [0.15, 0.2) is 66.0 Å². The Labute approximate surface area is 173 Å². The summed E-state index contributed by atoms with van der Waals surface area (Å²) in [7, 11) is 0. The number of carbonyl (C=O) groups is 2. The lowest BCUT2D eigenvalue weighted by molar-refractivity contribution is -0.274. The van der Waals surface area contributed by atoms with Gasteiger partial charge in [0, 0.05) is 0 Å². The van der Waals surface area contributed by atoms with Crippen molar-refractivity contribution >= 4 is 23.2 Å². The molecule has 0 spiro atoms. The van der Waals surface area contributed by atoms with Gasteiger partial charge in [-0.2, -0.15) is 0 Å². The first kappa shape index (κ1) is 21.4. The standard InChI is InChI=1S/C21H16F3NO4S/c22-21(23,24)29-16-8-6-13(7-9-16)15-10-18(30-12-15)20(28)25-17(11-19(26)27)14-4-2-1-3-5-14/h1-10,12,17H,11H2,(H,25,28)(H,26,27). The van der Waals surface area contributed by atoms with Crippen molar-refractivity contribution in [3.63, 3.8) is 0 Å². The molecule has 0 aliphatic heterocycles. The maximum absolute atomic E-state index is 12.6. The van der Waals surface area contributed by atoms with Crippen LogP contribution in [0.2, 0.25) is 0 Å². The lowest BCUT2D eigenvalue weighted by Gasteiger charge is -2.16. The fourth-order valence-electron chi connectivity index (χ4n) is 2.80. The molecule has 3 rings (SSSR count). The van der Waals surface area contributed by atoms with Crippen LogP contribution in [-0.4, -0.2) is 23.3 Å². The minimum absolute atomic E-state index is 0.269. The number of carboxylic acids is 1. The van der Waals surface area contributed by atoms with E-state index < -0.39 is 24.3 Å². The van der Waals surface area contributed by atoms with E-state index in [1.54, 1.807) is 41.8 Å². The zero-order chi connectivity index (χ0) is 21.7. The number of carboxylic acid groups (broad SMARTS) is 1. The molecular weight excluding hydrogens is 419 g/mol. The van der Waals surface area contributed by atoms with Gasteiger partial charge in [-0.25, -0.2) is 0 Å². The van der Waals surface area contributed by atoms with Crippen LogP contribution in [0.5, 0.6) is 5.75 Å². The Morgan fingerprint density at radius 3 is 2.30 bits per heavy atom. The molecule has 30 heavy (non-hydrogen) atoms. The van der Waals surface area contributed by atoms with Crippen molar-refractivity contribution in [2.75, 3.05) is 0 Å². The van der Waals surface area contributed by atoms with Gasteiger partial charge in [0.05, 0.1) is 17.3 Å². The van der Waals surface area contributed by atoms with Crippen LogP contribution in [0.4, 0.5) is 13.2 Å². The van der Waals surface area contributed by atoms with Gasteiger partial charge in [-0.05, 0) is 40.3 Å². The summed E-state index contributed by atoms with van der Waals surface area (Å²) in [6.07, 6.45) is -5.03. The van der Waals surface area contributed by atoms with Gasteiger partial charge in [0.25, 0.3) is 5.91 Å². The largest absolute Gasteiger partial charge is 0.573 e. The Balaban J connectivity index is 1.73. The normalized spacial score (nSPS) is 12.2. The van der Waals surface area contributed by atoms with Gasteiger partial charge in [0.2, 0.25) is 0 Å². The summed E-state index contributed by atoms with van der Waals surface area (Å²) in [5, 5.41) is 13.6. The number of halogens is 3. The zero-order valence-corrected chi connectivity index (χ0v) is 16.2. The third-order valence-corrected chi connectivity index (χ3v) is 5.06. The second-order valence-corrected chi connectivity index (χ2v) is 7.22. The Morgan fingerprint density at radius 2 is 1.70 bits per heavy atom. The Morgan fingerprint density at radius 1 is 1.03 bits per heavy atom. The van der Waals surface area contributed by atoms with E-state index in [0.29, 0.717) is 21.6 Å². The number of alkyl halides is 3. The molecule has 0 saturated heterocycles. The van der Waals surface area contributed by atoms with E-state index >= 15 is 0 Å². The number of ether oxygens (including phenoxy) is 1. The molecule has 3 aromatic rings. The topological polar surface area (TPSA) is 75.6 Å². The zero-order valence-electron chi connectivity index (χ0n) is 15.3. The number of aliphatic carboxylic acids is 1. The minimum Gasteiger partial charge on any atom is -0.481 e. The third-order valence-electron chi connectivity index (χ3n) is 4.13. The highest BCUT2D eigenvalue weighted by molar-refractivity contribution is 7.12. The number of rotatable bonds is 7. The summed E-state index contributed by atoms with van der Waals surface area (Å²) >= 11 is 1.15. The summed E-state index contributed by atoms with van der Waals surface area (Å²) < 4.78 is 40.6. The van der Waals surface area contributed by atoms with E-state index in [1.807, 2.05) is 0 Å². The number of benzene rings is 2. The molecule has 2 aromatic carbocycles. The molecule has 2 N–H and O–H groups in total. The first-order valence-electron chi connectivity index (χ1n) is 8.73.